The van der Waals surface area contributed by atoms with Crippen LogP contribution in [-0.2, 0) is 4.79 Å². The second kappa shape index (κ2) is 5.28. The van der Waals surface area contributed by atoms with E-state index in [4.69, 9.17) is 4.74 Å². The number of nitrogens with zero attached hydrogens (tertiary/aromatic N) is 2. The number of hydrogen-bond acceptors (Lipinski definition) is 3. The predicted molar refractivity (Wildman–Crippen MR) is 78.5 cm³/mol. The summed E-state index contributed by atoms with van der Waals surface area (Å²) < 4.78 is 5.67. The summed E-state index contributed by atoms with van der Waals surface area (Å²) in [6.07, 6.45) is 0. The molecule has 1 fully saturated rings. The molecule has 0 saturated carbocycles. The van der Waals surface area contributed by atoms with Crippen molar-refractivity contribution in [3.63, 3.8) is 0 Å². The standard InChI is InChI=1S/C16H14N2O3/c1-17-11-15(19)18(16(17)20)12-7-9-14(10-8-12)21-13-5-3-2-4-6-13/h2-10H,11H2,1H3. The molecule has 0 spiro atoms. The van der Waals surface area contributed by atoms with Crippen LogP contribution in [0.25, 0.3) is 0 Å². The summed E-state index contributed by atoms with van der Waals surface area (Å²) in [5, 5.41) is 0. The molecule has 0 aromatic heterocycles. The quantitative estimate of drug-likeness (QED) is 0.813. The number of amides is 3. The van der Waals surface area contributed by atoms with E-state index in [1.807, 2.05) is 30.3 Å². The summed E-state index contributed by atoms with van der Waals surface area (Å²) in [5.41, 5.74) is 0.551. The van der Waals surface area contributed by atoms with Crippen LogP contribution in [0.15, 0.2) is 54.6 Å². The van der Waals surface area contributed by atoms with E-state index in [9.17, 15) is 9.59 Å². The minimum atomic E-state index is -0.309. The molecule has 21 heavy (non-hydrogen) atoms. The van der Waals surface area contributed by atoms with E-state index in [-0.39, 0.29) is 18.5 Å². The fourth-order valence-electron chi connectivity index (χ4n) is 2.16. The maximum absolute atomic E-state index is 11.9. The number of rotatable bonds is 3. The van der Waals surface area contributed by atoms with Crippen LogP contribution in [0.4, 0.5) is 10.5 Å². The molecule has 0 N–H and O–H groups in total. The molecule has 3 rings (SSSR count). The van der Waals surface area contributed by atoms with E-state index in [1.54, 1.807) is 31.3 Å². The molecule has 0 aliphatic carbocycles. The largest absolute Gasteiger partial charge is 0.457 e. The van der Waals surface area contributed by atoms with Gasteiger partial charge >= 0.3 is 6.03 Å². The van der Waals surface area contributed by atoms with Crippen molar-refractivity contribution in [1.29, 1.82) is 0 Å². The Hall–Kier alpha value is -2.82. The normalized spacial score (nSPS) is 14.7. The molecular weight excluding hydrogens is 268 g/mol. The first-order valence-corrected chi connectivity index (χ1v) is 6.56. The number of urea groups is 1. The average Bonchev–Trinajstić information content (AvgIpc) is 2.74. The average molecular weight is 282 g/mol. The number of carbonyl (C=O) groups is 2. The van der Waals surface area contributed by atoms with Gasteiger partial charge in [-0.05, 0) is 36.4 Å². The van der Waals surface area contributed by atoms with Gasteiger partial charge in [0.25, 0.3) is 5.91 Å². The van der Waals surface area contributed by atoms with Crippen LogP contribution in [0.2, 0.25) is 0 Å². The van der Waals surface area contributed by atoms with Gasteiger partial charge in [-0.2, -0.15) is 0 Å². The molecule has 0 unspecified atom stereocenters. The summed E-state index contributed by atoms with van der Waals surface area (Å²) in [4.78, 5) is 26.3. The van der Waals surface area contributed by atoms with E-state index in [0.29, 0.717) is 11.4 Å². The Bertz CT molecular complexity index is 668. The Kier molecular flexibility index (Phi) is 3.31. The van der Waals surface area contributed by atoms with Crippen molar-refractivity contribution in [2.45, 2.75) is 0 Å². The summed E-state index contributed by atoms with van der Waals surface area (Å²) in [7, 11) is 1.60. The van der Waals surface area contributed by atoms with Crippen LogP contribution < -0.4 is 9.64 Å². The first-order valence-electron chi connectivity index (χ1n) is 6.56. The lowest BCUT2D eigenvalue weighted by molar-refractivity contribution is -0.116. The minimum absolute atomic E-state index is 0.112. The zero-order valence-corrected chi connectivity index (χ0v) is 11.5. The molecular formula is C16H14N2O3. The van der Waals surface area contributed by atoms with Gasteiger partial charge in [-0.15, -0.1) is 0 Å². The number of carbonyl (C=O) groups excluding carboxylic acids is 2. The van der Waals surface area contributed by atoms with Crippen molar-refractivity contribution >= 4 is 17.6 Å². The number of benzene rings is 2. The monoisotopic (exact) mass is 282 g/mol. The van der Waals surface area contributed by atoms with E-state index in [1.165, 1.54) is 9.80 Å². The molecule has 1 heterocycles. The van der Waals surface area contributed by atoms with Gasteiger partial charge < -0.3 is 9.64 Å². The summed E-state index contributed by atoms with van der Waals surface area (Å²) in [5.74, 6) is 1.16. The van der Waals surface area contributed by atoms with E-state index in [2.05, 4.69) is 0 Å². The molecule has 1 aliphatic heterocycles. The predicted octanol–water partition coefficient (Wildman–Crippen LogP) is 2.88. The second-order valence-electron chi connectivity index (χ2n) is 4.78. The van der Waals surface area contributed by atoms with Crippen LogP contribution in [0, 0.1) is 0 Å². The number of imide groups is 1. The van der Waals surface area contributed by atoms with E-state index in [0.717, 1.165) is 5.75 Å². The maximum atomic E-state index is 11.9. The number of hydrogen-bond donors (Lipinski definition) is 0. The number of ether oxygens (including phenoxy) is 1. The van der Waals surface area contributed by atoms with E-state index < -0.39 is 0 Å². The Morgan fingerprint density at radius 3 is 2.10 bits per heavy atom. The fourth-order valence-corrected chi connectivity index (χ4v) is 2.16. The molecule has 1 aliphatic rings. The van der Waals surface area contributed by atoms with Crippen molar-refractivity contribution in [1.82, 2.24) is 4.90 Å². The Labute approximate surface area is 122 Å². The first kappa shape index (κ1) is 13.2. The van der Waals surface area contributed by atoms with Crippen LogP contribution in [0.5, 0.6) is 11.5 Å². The molecule has 5 heteroatoms. The zero-order chi connectivity index (χ0) is 14.8. The van der Waals surface area contributed by atoms with Gasteiger partial charge in [0.2, 0.25) is 0 Å². The smallest absolute Gasteiger partial charge is 0.331 e. The maximum Gasteiger partial charge on any atom is 0.331 e. The highest BCUT2D eigenvalue weighted by atomic mass is 16.5. The van der Waals surface area contributed by atoms with Crippen molar-refractivity contribution < 1.29 is 14.3 Å². The van der Waals surface area contributed by atoms with E-state index >= 15 is 0 Å². The van der Waals surface area contributed by atoms with Crippen LogP contribution in [0.3, 0.4) is 0 Å². The van der Waals surface area contributed by atoms with Gasteiger partial charge in [0, 0.05) is 7.05 Å². The lowest BCUT2D eigenvalue weighted by atomic mass is 10.2. The van der Waals surface area contributed by atoms with Gasteiger partial charge in [0.05, 0.1) is 5.69 Å². The third kappa shape index (κ3) is 2.58. The lowest BCUT2D eigenvalue weighted by Crippen LogP contribution is -2.31. The molecule has 0 atom stereocenters. The fraction of sp³-hybridized carbons (Fsp3) is 0.125. The molecule has 0 radical (unpaired) electrons. The third-order valence-electron chi connectivity index (χ3n) is 3.21. The van der Waals surface area contributed by atoms with Crippen molar-refractivity contribution in [3.05, 3.63) is 54.6 Å². The second-order valence-corrected chi connectivity index (χ2v) is 4.78. The van der Waals surface area contributed by atoms with Gasteiger partial charge in [-0.3, -0.25) is 4.79 Å². The Morgan fingerprint density at radius 2 is 1.52 bits per heavy atom. The molecule has 106 valence electrons. The summed E-state index contributed by atoms with van der Waals surface area (Å²) >= 11 is 0. The number of para-hydroxylation sites is 1. The Morgan fingerprint density at radius 1 is 0.905 bits per heavy atom. The lowest BCUT2D eigenvalue weighted by Gasteiger charge is -2.14. The van der Waals surface area contributed by atoms with Gasteiger partial charge in [0.1, 0.15) is 18.0 Å². The molecule has 3 amide bonds. The molecule has 5 nitrogen and oxygen atoms in total. The first-order chi connectivity index (χ1) is 10.1. The summed E-state index contributed by atoms with van der Waals surface area (Å²) in [6, 6.07) is 16.0. The molecule has 2 aromatic carbocycles. The van der Waals surface area contributed by atoms with Gasteiger partial charge in [-0.1, -0.05) is 18.2 Å². The number of likely N-dealkylation sites (N-methyl/N-ethyl adjacent to an activating group) is 1. The SMILES string of the molecule is CN1CC(=O)N(c2ccc(Oc3ccccc3)cc2)C1=O. The van der Waals surface area contributed by atoms with Crippen molar-refractivity contribution in [3.8, 4) is 11.5 Å². The Balaban J connectivity index is 1.78. The van der Waals surface area contributed by atoms with Crippen molar-refractivity contribution in [2.75, 3.05) is 18.5 Å². The van der Waals surface area contributed by atoms with Gasteiger partial charge in [-0.25, -0.2) is 9.69 Å². The number of anilines is 1. The van der Waals surface area contributed by atoms with Crippen LogP contribution in [0.1, 0.15) is 0 Å². The molecule has 0 bridgehead atoms. The minimum Gasteiger partial charge on any atom is -0.457 e. The topological polar surface area (TPSA) is 49.9 Å². The highest BCUT2D eigenvalue weighted by molar-refractivity contribution is 6.19. The van der Waals surface area contributed by atoms with Crippen molar-refractivity contribution in [2.24, 2.45) is 0 Å². The van der Waals surface area contributed by atoms with Gasteiger partial charge in [0.15, 0.2) is 0 Å². The van der Waals surface area contributed by atoms with Crippen LogP contribution >= 0.6 is 0 Å². The van der Waals surface area contributed by atoms with Crippen LogP contribution in [-0.4, -0.2) is 30.4 Å². The highest BCUT2D eigenvalue weighted by Crippen LogP contribution is 2.26. The summed E-state index contributed by atoms with van der Waals surface area (Å²) in [6.45, 7) is 0.112. The molecule has 2 aromatic rings. The molecule has 1 saturated heterocycles. The zero-order valence-electron chi connectivity index (χ0n) is 11.5. The highest BCUT2D eigenvalue weighted by Gasteiger charge is 2.34. The third-order valence-corrected chi connectivity index (χ3v) is 3.21.